The van der Waals surface area contributed by atoms with E-state index in [0.717, 1.165) is 5.56 Å². The zero-order chi connectivity index (χ0) is 16.4. The number of nitriles is 1. The minimum Gasteiger partial charge on any atom is -0.444 e. The van der Waals surface area contributed by atoms with E-state index < -0.39 is 5.56 Å². The van der Waals surface area contributed by atoms with Crippen LogP contribution in [0.4, 0.5) is 0 Å². The van der Waals surface area contributed by atoms with E-state index >= 15 is 0 Å². The molecule has 114 valence electrons. The first-order valence-corrected chi connectivity index (χ1v) is 7.08. The third-order valence-corrected chi connectivity index (χ3v) is 3.63. The van der Waals surface area contributed by atoms with Crippen LogP contribution in [-0.4, -0.2) is 14.8 Å². The number of rotatable bonds is 3. The summed E-state index contributed by atoms with van der Waals surface area (Å²) < 4.78 is 6.70. The zero-order valence-electron chi connectivity index (χ0n) is 12.8. The van der Waals surface area contributed by atoms with Crippen molar-refractivity contribution >= 4 is 0 Å². The van der Waals surface area contributed by atoms with E-state index in [4.69, 9.17) is 9.68 Å². The van der Waals surface area contributed by atoms with Crippen molar-refractivity contribution in [2.45, 2.75) is 20.4 Å². The topological polar surface area (TPSA) is 84.7 Å². The first-order chi connectivity index (χ1) is 11.1. The Hall–Kier alpha value is -3.20. The van der Waals surface area contributed by atoms with Gasteiger partial charge in [-0.05, 0) is 31.5 Å². The van der Waals surface area contributed by atoms with E-state index in [0.29, 0.717) is 22.8 Å². The number of nitrogens with zero attached hydrogens (tertiary/aromatic N) is 4. The van der Waals surface area contributed by atoms with Crippen molar-refractivity contribution in [2.24, 2.45) is 0 Å². The summed E-state index contributed by atoms with van der Waals surface area (Å²) in [5.41, 5.74) is 2.39. The molecule has 0 aliphatic carbocycles. The molecule has 0 aliphatic heterocycles. The predicted molar refractivity (Wildman–Crippen MR) is 83.7 cm³/mol. The van der Waals surface area contributed by atoms with E-state index in [1.54, 1.807) is 13.8 Å². The highest BCUT2D eigenvalue weighted by Gasteiger charge is 2.13. The van der Waals surface area contributed by atoms with Gasteiger partial charge in [-0.25, -0.2) is 9.67 Å². The van der Waals surface area contributed by atoms with Gasteiger partial charge in [-0.1, -0.05) is 18.2 Å². The van der Waals surface area contributed by atoms with Gasteiger partial charge >= 0.3 is 0 Å². The fourth-order valence-electron chi connectivity index (χ4n) is 2.26. The van der Waals surface area contributed by atoms with Gasteiger partial charge in [-0.15, -0.1) is 0 Å². The molecule has 0 fully saturated rings. The molecule has 6 nitrogen and oxygen atoms in total. The summed E-state index contributed by atoms with van der Waals surface area (Å²) in [5, 5.41) is 13.4. The Kier molecular flexibility index (Phi) is 3.77. The molecule has 0 aliphatic rings. The quantitative estimate of drug-likeness (QED) is 0.742. The summed E-state index contributed by atoms with van der Waals surface area (Å²) in [6, 6.07) is 11.4. The summed E-state index contributed by atoms with van der Waals surface area (Å²) in [6.07, 6.45) is 1.50. The molecule has 0 N–H and O–H groups in total. The molecule has 0 saturated carbocycles. The molecule has 1 aromatic carbocycles. The normalized spacial score (nSPS) is 10.5. The average molecular weight is 306 g/mol. The van der Waals surface area contributed by atoms with Crippen molar-refractivity contribution < 1.29 is 4.42 Å². The van der Waals surface area contributed by atoms with Crippen LogP contribution >= 0.6 is 0 Å². The largest absolute Gasteiger partial charge is 0.444 e. The van der Waals surface area contributed by atoms with Crippen LogP contribution in [0.3, 0.4) is 0 Å². The van der Waals surface area contributed by atoms with Crippen molar-refractivity contribution in [1.82, 2.24) is 14.8 Å². The molecule has 0 amide bonds. The Balaban J connectivity index is 1.95. The van der Waals surface area contributed by atoms with Crippen LogP contribution in [-0.2, 0) is 6.54 Å². The summed E-state index contributed by atoms with van der Waals surface area (Å²) in [4.78, 5) is 16.6. The van der Waals surface area contributed by atoms with Crippen LogP contribution in [0.1, 0.15) is 22.5 Å². The monoisotopic (exact) mass is 306 g/mol. The molecule has 0 radical (unpaired) electrons. The smallest absolute Gasteiger partial charge is 0.285 e. The second kappa shape index (κ2) is 5.89. The fourth-order valence-corrected chi connectivity index (χ4v) is 2.26. The minimum absolute atomic E-state index is 0.115. The van der Waals surface area contributed by atoms with Crippen molar-refractivity contribution in [3.8, 4) is 17.5 Å². The molecule has 2 heterocycles. The van der Waals surface area contributed by atoms with Crippen LogP contribution in [0.25, 0.3) is 11.5 Å². The maximum absolute atomic E-state index is 12.3. The summed E-state index contributed by atoms with van der Waals surface area (Å²) in [6.45, 7) is 3.64. The fraction of sp³-hybridized carbons (Fsp3) is 0.176. The zero-order valence-corrected chi connectivity index (χ0v) is 12.8. The molecule has 0 saturated heterocycles. The van der Waals surface area contributed by atoms with Crippen LogP contribution in [0, 0.1) is 25.2 Å². The number of benzene rings is 1. The molecular weight excluding hydrogens is 292 g/mol. The van der Waals surface area contributed by atoms with Gasteiger partial charge in [0.05, 0.1) is 12.2 Å². The highest BCUT2D eigenvalue weighted by molar-refractivity contribution is 5.52. The number of hydrogen-bond donors (Lipinski definition) is 0. The van der Waals surface area contributed by atoms with Crippen molar-refractivity contribution in [3.63, 3.8) is 0 Å². The lowest BCUT2D eigenvalue weighted by Crippen LogP contribution is -2.28. The van der Waals surface area contributed by atoms with E-state index in [-0.39, 0.29) is 12.1 Å². The maximum atomic E-state index is 12.3. The Morgan fingerprint density at radius 1 is 1.26 bits per heavy atom. The lowest BCUT2D eigenvalue weighted by Gasteiger charge is -2.07. The summed E-state index contributed by atoms with van der Waals surface area (Å²) in [5.74, 6) is 0.484. The molecule has 0 atom stereocenters. The van der Waals surface area contributed by atoms with E-state index in [2.05, 4.69) is 10.1 Å². The second-order valence-corrected chi connectivity index (χ2v) is 5.17. The lowest BCUT2D eigenvalue weighted by atomic mass is 10.1. The molecule has 3 rings (SSSR count). The van der Waals surface area contributed by atoms with Gasteiger partial charge in [-0.2, -0.15) is 10.4 Å². The standard InChI is InChI=1S/C17H14N4O2/c1-11-12(2)20-21(17(22)15(11)8-18)9-14-10-23-16(19-14)13-6-4-3-5-7-13/h3-7,10H,9H2,1-2H3. The number of aromatic nitrogens is 3. The molecule has 0 bridgehead atoms. The highest BCUT2D eigenvalue weighted by atomic mass is 16.3. The lowest BCUT2D eigenvalue weighted by molar-refractivity contribution is 0.566. The Bertz CT molecular complexity index is 949. The minimum atomic E-state index is -0.417. The van der Waals surface area contributed by atoms with Crippen molar-refractivity contribution in [1.29, 1.82) is 5.26 Å². The Morgan fingerprint density at radius 2 is 2.00 bits per heavy atom. The average Bonchev–Trinajstić information content (AvgIpc) is 3.03. The Morgan fingerprint density at radius 3 is 2.70 bits per heavy atom. The van der Waals surface area contributed by atoms with Gasteiger partial charge < -0.3 is 4.42 Å². The van der Waals surface area contributed by atoms with Gasteiger partial charge in [0.25, 0.3) is 5.56 Å². The van der Waals surface area contributed by atoms with Crippen molar-refractivity contribution in [3.05, 3.63) is 69.5 Å². The first kappa shape index (κ1) is 14.7. The van der Waals surface area contributed by atoms with Crippen LogP contribution in [0.2, 0.25) is 0 Å². The number of oxazole rings is 1. The van der Waals surface area contributed by atoms with Gasteiger partial charge in [-0.3, -0.25) is 4.79 Å². The second-order valence-electron chi connectivity index (χ2n) is 5.17. The van der Waals surface area contributed by atoms with Crippen LogP contribution in [0.15, 0.2) is 45.8 Å². The molecule has 2 aromatic heterocycles. The van der Waals surface area contributed by atoms with Gasteiger partial charge in [0.2, 0.25) is 5.89 Å². The number of aryl methyl sites for hydroxylation is 1. The third-order valence-electron chi connectivity index (χ3n) is 3.63. The summed E-state index contributed by atoms with van der Waals surface area (Å²) in [7, 11) is 0. The molecule has 6 heteroatoms. The van der Waals surface area contributed by atoms with Gasteiger partial charge in [0.1, 0.15) is 23.6 Å². The maximum Gasteiger partial charge on any atom is 0.285 e. The molecule has 3 aromatic rings. The molecular formula is C17H14N4O2. The van der Waals surface area contributed by atoms with Gasteiger partial charge in [0, 0.05) is 5.56 Å². The van der Waals surface area contributed by atoms with Crippen molar-refractivity contribution in [2.75, 3.05) is 0 Å². The summed E-state index contributed by atoms with van der Waals surface area (Å²) >= 11 is 0. The Labute approximate surface area is 132 Å². The van der Waals surface area contributed by atoms with Gasteiger partial charge in [0.15, 0.2) is 0 Å². The van der Waals surface area contributed by atoms with E-state index in [9.17, 15) is 4.79 Å². The SMILES string of the molecule is Cc1nn(Cc2coc(-c3ccccc3)n2)c(=O)c(C#N)c1C. The predicted octanol–water partition coefficient (Wildman–Crippen LogP) is 2.44. The number of hydrogen-bond acceptors (Lipinski definition) is 5. The van der Waals surface area contributed by atoms with E-state index in [1.165, 1.54) is 10.9 Å². The molecule has 23 heavy (non-hydrogen) atoms. The molecule has 0 spiro atoms. The highest BCUT2D eigenvalue weighted by Crippen LogP contribution is 2.18. The third kappa shape index (κ3) is 2.77. The molecule has 0 unspecified atom stereocenters. The first-order valence-electron chi connectivity index (χ1n) is 7.08. The van der Waals surface area contributed by atoms with Crippen LogP contribution in [0.5, 0.6) is 0 Å². The van der Waals surface area contributed by atoms with E-state index in [1.807, 2.05) is 36.4 Å². The van der Waals surface area contributed by atoms with Crippen LogP contribution < -0.4 is 5.56 Å².